The minimum Gasteiger partial charge on any atom is -0.386 e. The van der Waals surface area contributed by atoms with Crippen LogP contribution in [-0.2, 0) is 55.5 Å². The van der Waals surface area contributed by atoms with E-state index in [1.165, 1.54) is 13.8 Å². The first-order valence-electron chi connectivity index (χ1n) is 16.1. The van der Waals surface area contributed by atoms with Gasteiger partial charge in [0, 0.05) is 30.7 Å². The average Bonchev–Trinajstić information content (AvgIpc) is 3.66. The van der Waals surface area contributed by atoms with Crippen molar-refractivity contribution in [2.75, 3.05) is 44.4 Å². The molecule has 2 aromatic rings. The van der Waals surface area contributed by atoms with Gasteiger partial charge in [0.15, 0.2) is 17.7 Å². The van der Waals surface area contributed by atoms with Crippen LogP contribution in [0.4, 0.5) is 5.82 Å². The fourth-order valence-electron chi connectivity index (χ4n) is 4.70. The number of aliphatic hydroxyl groups is 2. The molecule has 3 rings (SSSR count). The van der Waals surface area contributed by atoms with Crippen molar-refractivity contribution in [2.24, 2.45) is 17.0 Å². The summed E-state index contributed by atoms with van der Waals surface area (Å²) in [5, 5.41) is 25.9. The minimum absolute atomic E-state index is 0.0240. The summed E-state index contributed by atoms with van der Waals surface area (Å²) < 4.78 is 62.0. The number of nitrogens with zero attached hydrogens (tertiary/aromatic N) is 4. The van der Waals surface area contributed by atoms with Crippen LogP contribution in [0.5, 0.6) is 0 Å². The molecule has 0 radical (unpaired) electrons. The second-order valence-electron chi connectivity index (χ2n) is 12.5. The van der Waals surface area contributed by atoms with E-state index < -0.39 is 90.6 Å². The lowest BCUT2D eigenvalue weighted by Crippen LogP contribution is -2.46. The first-order valence-corrected chi connectivity index (χ1v) is 21.6. The number of ether oxygens (including phenoxy) is 1. The van der Waals surface area contributed by atoms with Crippen LogP contribution in [0.15, 0.2) is 12.7 Å². The number of carbonyl (C=O) groups excluding carboxylic acids is 3. The molecule has 0 bridgehead atoms. The van der Waals surface area contributed by atoms with Gasteiger partial charge < -0.3 is 61.5 Å². The number of hydrogen-bond acceptors (Lipinski definition) is 21. The van der Waals surface area contributed by atoms with Gasteiger partial charge in [-0.05, 0) is 6.42 Å². The molecule has 56 heavy (non-hydrogen) atoms. The van der Waals surface area contributed by atoms with Crippen molar-refractivity contribution in [1.29, 1.82) is 0 Å². The molecule has 0 aromatic carbocycles. The number of thioether (sulfide) groups is 1. The number of aliphatic hydroxyl groups excluding tert-OH is 2. The fourth-order valence-corrected chi connectivity index (χ4v) is 8.27. The largest absolute Gasteiger partial charge is 0.481 e. The summed E-state index contributed by atoms with van der Waals surface area (Å²) in [6, 6.07) is -0.781. The van der Waals surface area contributed by atoms with Crippen LogP contribution < -0.4 is 28.0 Å². The van der Waals surface area contributed by atoms with Gasteiger partial charge in [0.25, 0.3) is 0 Å². The highest BCUT2D eigenvalue weighted by Gasteiger charge is 2.50. The van der Waals surface area contributed by atoms with E-state index in [0.717, 1.165) is 29.0 Å². The molecular formula is C25H44N9O18P3S. The van der Waals surface area contributed by atoms with Gasteiger partial charge in [0.2, 0.25) is 16.9 Å². The van der Waals surface area contributed by atoms with Gasteiger partial charge in [-0.2, -0.15) is 4.31 Å². The molecule has 1 fully saturated rings. The lowest BCUT2D eigenvalue weighted by Gasteiger charge is -2.30. The summed E-state index contributed by atoms with van der Waals surface area (Å²) in [7, 11) is -16.4. The quantitative estimate of drug-likeness (QED) is 0.0307. The SMILES string of the molecule is CC(C)(COP(=O)(O)OP(=O)(O)OCC1OC(n2cnc3c(N)ncnc32)C(O)C1OP(=O)(O)O)C(O)C(=O)NCCC(=O)NCCSC(=O)C(N)CCON. The Morgan fingerprint density at radius 1 is 1.07 bits per heavy atom. The van der Waals surface area contributed by atoms with Gasteiger partial charge in [-0.3, -0.25) is 32.5 Å². The van der Waals surface area contributed by atoms with E-state index in [0.29, 0.717) is 0 Å². The molecule has 27 nitrogen and oxygen atoms in total. The Labute approximate surface area is 321 Å². The maximum atomic E-state index is 12.7. The Kier molecular flexibility index (Phi) is 17.4. The van der Waals surface area contributed by atoms with Crippen molar-refractivity contribution in [3.05, 3.63) is 12.7 Å². The van der Waals surface area contributed by atoms with Gasteiger partial charge >= 0.3 is 23.5 Å². The number of aromatic nitrogens is 4. The third-order valence-corrected chi connectivity index (χ3v) is 11.7. The Balaban J connectivity index is 1.48. The number of nitrogens with one attached hydrogen (secondary N) is 2. The molecule has 8 unspecified atom stereocenters. The van der Waals surface area contributed by atoms with Gasteiger partial charge in [0.05, 0.1) is 32.2 Å². The van der Waals surface area contributed by atoms with Crippen molar-refractivity contribution in [2.45, 2.75) is 63.4 Å². The van der Waals surface area contributed by atoms with Crippen molar-refractivity contribution >= 4 is 69.1 Å². The topological polar surface area (TPSA) is 425 Å². The van der Waals surface area contributed by atoms with Crippen LogP contribution in [0, 0.1) is 5.41 Å². The molecule has 31 heteroatoms. The minimum atomic E-state index is -5.58. The molecule has 14 N–H and O–H groups in total. The van der Waals surface area contributed by atoms with Crippen LogP contribution in [-0.4, -0.2) is 135 Å². The second kappa shape index (κ2) is 20.4. The number of rotatable bonds is 23. The van der Waals surface area contributed by atoms with Gasteiger partial charge in [-0.1, -0.05) is 25.6 Å². The van der Waals surface area contributed by atoms with Crippen molar-refractivity contribution in [3.63, 3.8) is 0 Å². The van der Waals surface area contributed by atoms with E-state index in [-0.39, 0.29) is 60.4 Å². The average molecular weight is 884 g/mol. The summed E-state index contributed by atoms with van der Waals surface area (Å²) in [6.07, 6.45) is -6.79. The Morgan fingerprint density at radius 3 is 2.41 bits per heavy atom. The third kappa shape index (κ3) is 14.4. The number of anilines is 1. The number of carbonyl (C=O) groups is 3. The standard InChI is InChI=1S/C25H44N9O18P3S/c1-25(2,19(37)22(38)30-5-3-15(35)29-6-8-56-24(39)13(26)4-7-47-28)10-49-55(45,46)52-54(43,44)48-9-14-18(51-53(40,41)42)17(36)23(50-14)34-12-33-16-20(27)31-11-32-21(16)34/h11-14,17-19,23,36-37H,3-10,26,28H2,1-2H3,(H,29,35)(H,30,38)(H,43,44)(H,45,46)(H2,27,31,32)(H2,40,41,42). The molecule has 8 atom stereocenters. The van der Waals surface area contributed by atoms with Gasteiger partial charge in [-0.15, -0.1) is 0 Å². The third-order valence-electron chi connectivity index (χ3n) is 7.60. The molecule has 2 amide bonds. The van der Waals surface area contributed by atoms with E-state index in [1.54, 1.807) is 0 Å². The molecule has 1 saturated heterocycles. The number of phosphoric ester groups is 3. The maximum absolute atomic E-state index is 12.7. The Hall–Kier alpha value is -2.56. The van der Waals surface area contributed by atoms with Crippen LogP contribution in [0.3, 0.4) is 0 Å². The summed E-state index contributed by atoms with van der Waals surface area (Å²) in [5.74, 6) is 3.58. The highest BCUT2D eigenvalue weighted by atomic mass is 32.2. The summed E-state index contributed by atoms with van der Waals surface area (Å²) in [6.45, 7) is 0.413. The Bertz CT molecular complexity index is 1820. The van der Waals surface area contributed by atoms with Crippen molar-refractivity contribution in [1.82, 2.24) is 30.2 Å². The van der Waals surface area contributed by atoms with Crippen molar-refractivity contribution < 1.29 is 85.3 Å². The molecule has 2 aromatic heterocycles. The number of nitrogens with two attached hydrogens (primary N) is 3. The predicted molar refractivity (Wildman–Crippen MR) is 190 cm³/mol. The predicted octanol–water partition coefficient (Wildman–Crippen LogP) is -2.73. The smallest absolute Gasteiger partial charge is 0.386 e. The van der Waals surface area contributed by atoms with E-state index in [4.69, 9.17) is 31.1 Å². The zero-order valence-electron chi connectivity index (χ0n) is 29.6. The number of amides is 2. The molecule has 318 valence electrons. The van der Waals surface area contributed by atoms with Gasteiger partial charge in [0.1, 0.15) is 36.3 Å². The summed E-state index contributed by atoms with van der Waals surface area (Å²) in [4.78, 5) is 91.7. The van der Waals surface area contributed by atoms with E-state index in [9.17, 15) is 57.9 Å². The molecule has 3 heterocycles. The molecular weight excluding hydrogens is 839 g/mol. The zero-order chi connectivity index (χ0) is 42.1. The normalized spacial score (nSPS) is 22.2. The molecule has 1 aliphatic heterocycles. The zero-order valence-corrected chi connectivity index (χ0v) is 33.1. The van der Waals surface area contributed by atoms with Crippen LogP contribution in [0.2, 0.25) is 0 Å². The summed E-state index contributed by atoms with van der Waals surface area (Å²) in [5.41, 5.74) is 9.90. The number of hydrogen-bond donors (Lipinski definition) is 11. The molecule has 1 aliphatic rings. The second-order valence-corrected chi connectivity index (χ2v) is 17.8. The number of nitrogen functional groups attached to an aromatic ring is 1. The lowest BCUT2D eigenvalue weighted by atomic mass is 9.87. The number of fused-ring (bicyclic) bond motifs is 1. The molecule has 0 aliphatic carbocycles. The highest BCUT2D eigenvalue weighted by molar-refractivity contribution is 8.13. The maximum Gasteiger partial charge on any atom is 0.481 e. The number of phosphoric acid groups is 3. The first kappa shape index (κ1) is 47.8. The fraction of sp³-hybridized carbons (Fsp3) is 0.680. The van der Waals surface area contributed by atoms with Crippen LogP contribution in [0.1, 0.15) is 32.9 Å². The monoisotopic (exact) mass is 883 g/mol. The highest BCUT2D eigenvalue weighted by Crippen LogP contribution is 2.61. The number of imidazole rings is 1. The lowest BCUT2D eigenvalue weighted by molar-refractivity contribution is -0.137. The van der Waals surface area contributed by atoms with Crippen LogP contribution >= 0.6 is 35.2 Å². The van der Waals surface area contributed by atoms with Gasteiger partial charge in [-0.25, -0.2) is 34.5 Å². The van der Waals surface area contributed by atoms with E-state index in [1.807, 2.05) is 0 Å². The van der Waals surface area contributed by atoms with Crippen LogP contribution in [0.25, 0.3) is 11.2 Å². The molecule has 0 saturated carbocycles. The summed E-state index contributed by atoms with van der Waals surface area (Å²) >= 11 is 0.907. The van der Waals surface area contributed by atoms with Crippen molar-refractivity contribution in [3.8, 4) is 0 Å². The first-order chi connectivity index (χ1) is 26.0. The Morgan fingerprint density at radius 2 is 1.75 bits per heavy atom. The molecule has 0 spiro atoms. The van der Waals surface area contributed by atoms with E-state index >= 15 is 0 Å². The van der Waals surface area contributed by atoms with E-state index in [2.05, 4.69) is 39.3 Å².